The highest BCUT2D eigenvalue weighted by Gasteiger charge is 2.17. The van der Waals surface area contributed by atoms with Gasteiger partial charge in [-0.15, -0.1) is 0 Å². The van der Waals surface area contributed by atoms with Crippen molar-refractivity contribution in [1.29, 1.82) is 0 Å². The molecule has 0 saturated carbocycles. The molecule has 24 heavy (non-hydrogen) atoms. The van der Waals surface area contributed by atoms with E-state index in [2.05, 4.69) is 4.98 Å². The highest BCUT2D eigenvalue weighted by Crippen LogP contribution is 2.33. The zero-order chi connectivity index (χ0) is 17.2. The molecule has 2 aromatic heterocycles. The molecule has 5 heteroatoms. The molecule has 0 radical (unpaired) electrons. The quantitative estimate of drug-likeness (QED) is 0.382. The molecule has 0 saturated heterocycles. The lowest BCUT2D eigenvalue weighted by Crippen LogP contribution is -2.16. The van der Waals surface area contributed by atoms with Crippen LogP contribution in [0.2, 0.25) is 5.02 Å². The first kappa shape index (κ1) is 15.0. The molecule has 4 aromatic rings. The maximum Gasteiger partial charge on any atom is 0.349 e. The summed E-state index contributed by atoms with van der Waals surface area (Å²) in [4.78, 5) is 27.7. The number of hydrogen-bond donors (Lipinski definition) is 1. The van der Waals surface area contributed by atoms with Gasteiger partial charge in [0.1, 0.15) is 11.0 Å². The number of aryl methyl sites for hydroxylation is 2. The summed E-state index contributed by atoms with van der Waals surface area (Å²) >= 11 is 6.14. The molecule has 0 aliphatic heterocycles. The Balaban J connectivity index is 2.49. The second kappa shape index (κ2) is 4.95. The average molecular weight is 340 g/mol. The highest BCUT2D eigenvalue weighted by atomic mass is 35.5. The van der Waals surface area contributed by atoms with Crippen LogP contribution in [0, 0.1) is 20.8 Å². The van der Waals surface area contributed by atoms with Crippen molar-refractivity contribution in [3.8, 4) is 0 Å². The van der Waals surface area contributed by atoms with Gasteiger partial charge in [-0.3, -0.25) is 4.79 Å². The fraction of sp³-hybridized carbons (Fsp3) is 0.158. The van der Waals surface area contributed by atoms with Crippen molar-refractivity contribution in [3.05, 3.63) is 66.8 Å². The van der Waals surface area contributed by atoms with E-state index in [1.807, 2.05) is 26.8 Å². The molecule has 0 bridgehead atoms. The molecule has 0 amide bonds. The topological polar surface area (TPSA) is 63.1 Å². The summed E-state index contributed by atoms with van der Waals surface area (Å²) in [5.74, 6) is 0. The molecule has 4 rings (SSSR count). The Labute approximate surface area is 141 Å². The highest BCUT2D eigenvalue weighted by molar-refractivity contribution is 6.32. The van der Waals surface area contributed by atoms with E-state index in [9.17, 15) is 9.59 Å². The summed E-state index contributed by atoms with van der Waals surface area (Å²) in [7, 11) is 0. The van der Waals surface area contributed by atoms with Gasteiger partial charge in [-0.2, -0.15) is 0 Å². The van der Waals surface area contributed by atoms with E-state index in [4.69, 9.17) is 16.0 Å². The third-order valence-corrected chi connectivity index (χ3v) is 4.99. The maximum atomic E-state index is 12.5. The first-order chi connectivity index (χ1) is 11.4. The fourth-order valence-corrected chi connectivity index (χ4v) is 3.50. The minimum Gasteiger partial charge on any atom is -0.422 e. The lowest BCUT2D eigenvalue weighted by Gasteiger charge is -2.13. The summed E-state index contributed by atoms with van der Waals surface area (Å²) in [6.07, 6.45) is 0. The molecule has 0 unspecified atom stereocenters. The monoisotopic (exact) mass is 339 g/mol. The zero-order valence-electron chi connectivity index (χ0n) is 13.4. The van der Waals surface area contributed by atoms with E-state index in [0.717, 1.165) is 22.1 Å². The number of halogens is 1. The molecule has 0 aliphatic rings. The predicted octanol–water partition coefficient (Wildman–Crippen LogP) is 4.37. The van der Waals surface area contributed by atoms with Crippen molar-refractivity contribution in [1.82, 2.24) is 4.98 Å². The standard InChI is InChI=1S/C19H14ClNO3/c1-8-6-13-15(10(3)9(8)2)16-12-7-11(20)4-5-14(12)24-19(23)17(16)18(22)21-13/h4-7H,1-3H3,(H,21,22). The summed E-state index contributed by atoms with van der Waals surface area (Å²) in [6, 6.07) is 6.98. The Morgan fingerprint density at radius 1 is 0.958 bits per heavy atom. The molecule has 4 nitrogen and oxygen atoms in total. The van der Waals surface area contributed by atoms with Crippen molar-refractivity contribution in [3.63, 3.8) is 0 Å². The largest absolute Gasteiger partial charge is 0.422 e. The number of hydrogen-bond acceptors (Lipinski definition) is 3. The molecular weight excluding hydrogens is 326 g/mol. The predicted molar refractivity (Wildman–Crippen MR) is 97.3 cm³/mol. The smallest absolute Gasteiger partial charge is 0.349 e. The Bertz CT molecular complexity index is 1280. The van der Waals surface area contributed by atoms with Crippen LogP contribution in [-0.4, -0.2) is 4.98 Å². The number of benzene rings is 2. The van der Waals surface area contributed by atoms with Gasteiger partial charge in [0, 0.05) is 26.7 Å². The molecule has 2 aromatic carbocycles. The van der Waals surface area contributed by atoms with Crippen molar-refractivity contribution in [2.24, 2.45) is 0 Å². The number of nitrogens with one attached hydrogen (secondary N) is 1. The van der Waals surface area contributed by atoms with E-state index in [1.54, 1.807) is 18.2 Å². The minimum atomic E-state index is -0.638. The molecule has 2 heterocycles. The van der Waals surface area contributed by atoms with Crippen LogP contribution >= 0.6 is 11.6 Å². The van der Waals surface area contributed by atoms with Gasteiger partial charge in [-0.05, 0) is 61.7 Å². The molecule has 120 valence electrons. The van der Waals surface area contributed by atoms with Crippen molar-refractivity contribution in [2.75, 3.05) is 0 Å². The summed E-state index contributed by atoms with van der Waals surface area (Å²) in [5, 5.41) is 2.67. The van der Waals surface area contributed by atoms with E-state index in [0.29, 0.717) is 26.9 Å². The summed E-state index contributed by atoms with van der Waals surface area (Å²) < 4.78 is 5.32. The van der Waals surface area contributed by atoms with Gasteiger partial charge in [0.25, 0.3) is 5.56 Å². The van der Waals surface area contributed by atoms with Crippen LogP contribution < -0.4 is 11.2 Å². The van der Waals surface area contributed by atoms with Gasteiger partial charge in [-0.25, -0.2) is 4.79 Å². The van der Waals surface area contributed by atoms with Crippen LogP contribution in [0.3, 0.4) is 0 Å². The van der Waals surface area contributed by atoms with E-state index < -0.39 is 11.2 Å². The number of aromatic nitrogens is 1. The van der Waals surface area contributed by atoms with Crippen LogP contribution in [0.25, 0.3) is 32.6 Å². The van der Waals surface area contributed by atoms with Gasteiger partial charge in [0.05, 0.1) is 0 Å². The van der Waals surface area contributed by atoms with E-state index >= 15 is 0 Å². The Hall–Kier alpha value is -2.59. The summed E-state index contributed by atoms with van der Waals surface area (Å²) in [6.45, 7) is 6.02. The number of H-pyrrole nitrogens is 1. The van der Waals surface area contributed by atoms with Crippen LogP contribution in [-0.2, 0) is 0 Å². The van der Waals surface area contributed by atoms with Crippen molar-refractivity contribution in [2.45, 2.75) is 20.8 Å². The first-order valence-corrected chi connectivity index (χ1v) is 7.95. The van der Waals surface area contributed by atoms with Gasteiger partial charge >= 0.3 is 5.63 Å². The Morgan fingerprint density at radius 2 is 1.71 bits per heavy atom. The normalized spacial score (nSPS) is 11.7. The third kappa shape index (κ3) is 1.93. The lowest BCUT2D eigenvalue weighted by molar-refractivity contribution is 0.569. The maximum absolute atomic E-state index is 12.5. The Kier molecular flexibility index (Phi) is 3.09. The molecule has 0 fully saturated rings. The second-order valence-electron chi connectivity index (χ2n) is 6.10. The van der Waals surface area contributed by atoms with Gasteiger partial charge < -0.3 is 9.40 Å². The number of aromatic amines is 1. The molecule has 0 spiro atoms. The average Bonchev–Trinajstić information content (AvgIpc) is 2.52. The van der Waals surface area contributed by atoms with Crippen LogP contribution in [0.5, 0.6) is 0 Å². The molecule has 0 atom stereocenters. The second-order valence-corrected chi connectivity index (χ2v) is 6.54. The fourth-order valence-electron chi connectivity index (χ4n) is 3.33. The molecular formula is C19H14ClNO3. The van der Waals surface area contributed by atoms with Crippen LogP contribution in [0.15, 0.2) is 38.3 Å². The minimum absolute atomic E-state index is 0.0311. The lowest BCUT2D eigenvalue weighted by atomic mass is 9.94. The summed E-state index contributed by atoms with van der Waals surface area (Å²) in [5.41, 5.74) is 3.27. The zero-order valence-corrected chi connectivity index (χ0v) is 14.2. The van der Waals surface area contributed by atoms with E-state index in [1.165, 1.54) is 0 Å². The van der Waals surface area contributed by atoms with Gasteiger partial charge in [0.2, 0.25) is 0 Å². The first-order valence-electron chi connectivity index (χ1n) is 7.57. The van der Waals surface area contributed by atoms with Gasteiger partial charge in [-0.1, -0.05) is 11.6 Å². The van der Waals surface area contributed by atoms with Crippen molar-refractivity contribution >= 4 is 44.2 Å². The third-order valence-electron chi connectivity index (χ3n) is 4.75. The van der Waals surface area contributed by atoms with E-state index in [-0.39, 0.29) is 5.39 Å². The SMILES string of the molecule is Cc1cc2[nH]c(=O)c3c(=O)oc4ccc(Cl)cc4c3c2c(C)c1C. The Morgan fingerprint density at radius 3 is 2.46 bits per heavy atom. The van der Waals surface area contributed by atoms with Crippen molar-refractivity contribution < 1.29 is 4.42 Å². The number of fused-ring (bicyclic) bond motifs is 5. The van der Waals surface area contributed by atoms with Gasteiger partial charge in [0.15, 0.2) is 0 Å². The van der Waals surface area contributed by atoms with Crippen LogP contribution in [0.4, 0.5) is 0 Å². The molecule has 1 N–H and O–H groups in total. The molecule has 0 aliphatic carbocycles. The number of rotatable bonds is 0. The number of pyridine rings is 1. The van der Waals surface area contributed by atoms with Crippen LogP contribution in [0.1, 0.15) is 16.7 Å².